The molecule has 0 amide bonds. The van der Waals surface area contributed by atoms with E-state index >= 15 is 0 Å². The molecule has 1 aromatic rings. The maximum atomic E-state index is 12.1. The molecule has 0 aliphatic heterocycles. The van der Waals surface area contributed by atoms with Crippen molar-refractivity contribution >= 4 is 16.0 Å². The molecule has 5 nitrogen and oxygen atoms in total. The molecule has 2 rings (SSSR count). The molecule has 1 aliphatic rings. The van der Waals surface area contributed by atoms with Crippen LogP contribution in [0.3, 0.4) is 0 Å². The number of esters is 1. The number of carbonyl (C=O) groups excluding carboxylic acids is 1. The molecule has 1 saturated carbocycles. The van der Waals surface area contributed by atoms with Crippen molar-refractivity contribution in [3.8, 4) is 0 Å². The second kappa shape index (κ2) is 7.93. The zero-order valence-corrected chi connectivity index (χ0v) is 14.6. The van der Waals surface area contributed by atoms with Gasteiger partial charge in [0.15, 0.2) is 0 Å². The summed E-state index contributed by atoms with van der Waals surface area (Å²) in [6, 6.07) is 6.54. The molecule has 1 fully saturated rings. The third-order valence-electron chi connectivity index (χ3n) is 4.26. The smallest absolute Gasteiger partial charge is 0.306 e. The monoisotopic (exact) mass is 339 g/mol. The van der Waals surface area contributed by atoms with Gasteiger partial charge < -0.3 is 4.74 Å². The highest BCUT2D eigenvalue weighted by Crippen LogP contribution is 2.26. The largest absolute Gasteiger partial charge is 0.461 e. The van der Waals surface area contributed by atoms with Crippen LogP contribution in [0.4, 0.5) is 0 Å². The van der Waals surface area contributed by atoms with Gasteiger partial charge in [-0.2, -0.15) is 0 Å². The summed E-state index contributed by atoms with van der Waals surface area (Å²) in [4.78, 5) is 12.1. The highest BCUT2D eigenvalue weighted by Gasteiger charge is 2.19. The average molecular weight is 339 g/mol. The fourth-order valence-corrected chi connectivity index (χ4v) is 3.83. The third-order valence-corrected chi connectivity index (χ3v) is 6.07. The van der Waals surface area contributed by atoms with Crippen molar-refractivity contribution in [1.29, 1.82) is 0 Å². The number of hydrogen-bond donors (Lipinski definition) is 0. The van der Waals surface area contributed by atoms with Crippen LogP contribution >= 0.6 is 0 Å². The lowest BCUT2D eigenvalue weighted by Gasteiger charge is -2.20. The van der Waals surface area contributed by atoms with E-state index in [1.54, 1.807) is 24.3 Å². The Morgan fingerprint density at radius 2 is 1.91 bits per heavy atom. The Labute approximate surface area is 138 Å². The normalized spacial score (nSPS) is 16.5. The molecule has 0 radical (unpaired) electrons. The van der Waals surface area contributed by atoms with Crippen LogP contribution in [0.25, 0.3) is 0 Å². The molecular weight excluding hydrogens is 314 g/mol. The number of ether oxygens (including phenoxy) is 1. The fraction of sp³-hybridized carbons (Fsp3) is 0.588. The minimum Gasteiger partial charge on any atom is -0.461 e. The van der Waals surface area contributed by atoms with Crippen LogP contribution in [0.1, 0.15) is 44.1 Å². The summed E-state index contributed by atoms with van der Waals surface area (Å²) in [7, 11) is -0.483. The Balaban J connectivity index is 1.92. The summed E-state index contributed by atoms with van der Waals surface area (Å²) in [6.45, 7) is 0.113. The second-order valence-electron chi connectivity index (χ2n) is 6.30. The van der Waals surface area contributed by atoms with Gasteiger partial charge in [0.2, 0.25) is 10.0 Å². The first-order valence-electron chi connectivity index (χ1n) is 8.06. The molecule has 0 aromatic heterocycles. The lowest BCUT2D eigenvalue weighted by molar-refractivity contribution is -0.146. The van der Waals surface area contributed by atoms with Crippen molar-refractivity contribution in [1.82, 2.24) is 4.31 Å². The maximum absolute atomic E-state index is 12.1. The molecule has 0 unspecified atom stereocenters. The topological polar surface area (TPSA) is 63.7 Å². The Morgan fingerprint density at radius 3 is 2.57 bits per heavy atom. The molecule has 0 saturated heterocycles. The van der Waals surface area contributed by atoms with Crippen molar-refractivity contribution < 1.29 is 17.9 Å². The molecule has 1 aliphatic carbocycles. The Kier molecular flexibility index (Phi) is 6.18. The van der Waals surface area contributed by atoms with Crippen molar-refractivity contribution in [2.45, 2.75) is 50.0 Å². The van der Waals surface area contributed by atoms with Crippen LogP contribution in [-0.4, -0.2) is 32.8 Å². The van der Waals surface area contributed by atoms with E-state index in [0.717, 1.165) is 12.8 Å². The van der Waals surface area contributed by atoms with Crippen LogP contribution in [-0.2, 0) is 26.2 Å². The minimum atomic E-state index is -3.47. The lowest BCUT2D eigenvalue weighted by Crippen LogP contribution is -2.22. The quantitative estimate of drug-likeness (QED) is 0.748. The molecule has 23 heavy (non-hydrogen) atoms. The molecule has 6 heteroatoms. The summed E-state index contributed by atoms with van der Waals surface area (Å²) in [5, 5.41) is 0. The molecule has 0 atom stereocenters. The molecule has 0 spiro atoms. The Morgan fingerprint density at radius 1 is 1.22 bits per heavy atom. The predicted octanol–water partition coefficient (Wildman–Crippen LogP) is 2.95. The van der Waals surface area contributed by atoms with E-state index in [4.69, 9.17) is 4.74 Å². The maximum Gasteiger partial charge on any atom is 0.306 e. The molecule has 0 heterocycles. The fourth-order valence-electron chi connectivity index (χ4n) is 2.86. The third kappa shape index (κ3) is 5.04. The van der Waals surface area contributed by atoms with E-state index in [-0.39, 0.29) is 17.5 Å². The van der Waals surface area contributed by atoms with Gasteiger partial charge in [0.25, 0.3) is 0 Å². The summed E-state index contributed by atoms with van der Waals surface area (Å²) >= 11 is 0. The first-order chi connectivity index (χ1) is 10.9. The molecule has 0 bridgehead atoms. The molecular formula is C17H25NO4S. The van der Waals surface area contributed by atoms with Crippen LogP contribution in [0.5, 0.6) is 0 Å². The number of hydrogen-bond acceptors (Lipinski definition) is 4. The van der Waals surface area contributed by atoms with Crippen molar-refractivity contribution in [2.24, 2.45) is 5.92 Å². The van der Waals surface area contributed by atoms with Gasteiger partial charge in [-0.1, -0.05) is 31.4 Å². The van der Waals surface area contributed by atoms with Crippen LogP contribution in [0.2, 0.25) is 0 Å². The van der Waals surface area contributed by atoms with E-state index in [1.807, 2.05) is 0 Å². The summed E-state index contributed by atoms with van der Waals surface area (Å²) in [5.41, 5.74) is 0.685. The van der Waals surface area contributed by atoms with Gasteiger partial charge in [0.05, 0.1) is 4.90 Å². The second-order valence-corrected chi connectivity index (χ2v) is 8.46. The van der Waals surface area contributed by atoms with Crippen molar-refractivity contribution in [3.05, 3.63) is 29.8 Å². The zero-order valence-electron chi connectivity index (χ0n) is 13.8. The Hall–Kier alpha value is -1.40. The average Bonchev–Trinajstić information content (AvgIpc) is 2.54. The van der Waals surface area contributed by atoms with Crippen LogP contribution in [0, 0.1) is 5.92 Å². The zero-order chi connectivity index (χ0) is 16.9. The van der Waals surface area contributed by atoms with Gasteiger partial charge in [-0.3, -0.25) is 4.79 Å². The predicted molar refractivity (Wildman–Crippen MR) is 88.3 cm³/mol. The minimum absolute atomic E-state index is 0.113. The van der Waals surface area contributed by atoms with Gasteiger partial charge in [-0.15, -0.1) is 0 Å². The van der Waals surface area contributed by atoms with Gasteiger partial charge in [-0.25, -0.2) is 12.7 Å². The highest BCUT2D eigenvalue weighted by molar-refractivity contribution is 7.89. The lowest BCUT2D eigenvalue weighted by atomic mass is 9.87. The summed E-state index contributed by atoms with van der Waals surface area (Å²) in [6.07, 6.45) is 6.33. The van der Waals surface area contributed by atoms with Gasteiger partial charge in [0.1, 0.15) is 6.61 Å². The number of sulfonamides is 1. The van der Waals surface area contributed by atoms with Crippen molar-refractivity contribution in [3.63, 3.8) is 0 Å². The highest BCUT2D eigenvalue weighted by atomic mass is 32.2. The van der Waals surface area contributed by atoms with E-state index in [0.29, 0.717) is 17.9 Å². The van der Waals surface area contributed by atoms with Gasteiger partial charge in [-0.05, 0) is 36.5 Å². The van der Waals surface area contributed by atoms with E-state index in [1.165, 1.54) is 37.7 Å². The molecule has 1 aromatic carbocycles. The number of rotatable bonds is 6. The van der Waals surface area contributed by atoms with E-state index < -0.39 is 10.0 Å². The number of carbonyl (C=O) groups is 1. The number of nitrogens with zero attached hydrogens (tertiary/aromatic N) is 1. The number of benzene rings is 1. The van der Waals surface area contributed by atoms with Gasteiger partial charge >= 0.3 is 5.97 Å². The Bertz CT molecular complexity index is 634. The van der Waals surface area contributed by atoms with Crippen molar-refractivity contribution in [2.75, 3.05) is 14.1 Å². The van der Waals surface area contributed by atoms with Crippen LogP contribution < -0.4 is 0 Å². The SMILES string of the molecule is CN(C)S(=O)(=O)c1cccc(COC(=O)CC2CCCCC2)c1. The van der Waals surface area contributed by atoms with E-state index in [2.05, 4.69) is 0 Å². The molecule has 128 valence electrons. The molecule has 0 N–H and O–H groups in total. The van der Waals surface area contributed by atoms with Crippen LogP contribution in [0.15, 0.2) is 29.2 Å². The first kappa shape index (κ1) is 17.9. The standard InChI is InChI=1S/C17H25NO4S/c1-18(2)23(20,21)16-10-6-9-15(11-16)13-22-17(19)12-14-7-4-3-5-8-14/h6,9-11,14H,3-5,7-8,12-13H2,1-2H3. The summed E-state index contributed by atoms with van der Waals surface area (Å²) in [5.74, 6) is 0.245. The van der Waals surface area contributed by atoms with E-state index in [9.17, 15) is 13.2 Å². The van der Waals surface area contributed by atoms with Gasteiger partial charge in [0, 0.05) is 20.5 Å². The summed E-state index contributed by atoms with van der Waals surface area (Å²) < 4.78 is 30.7. The first-order valence-corrected chi connectivity index (χ1v) is 9.50.